The molecule has 7 nitrogen and oxygen atoms in total. The summed E-state index contributed by atoms with van der Waals surface area (Å²) >= 11 is 0. The fourth-order valence-electron chi connectivity index (χ4n) is 3.80. The summed E-state index contributed by atoms with van der Waals surface area (Å²) in [6.07, 6.45) is 30.8. The predicted octanol–water partition coefficient (Wildman–Crippen LogP) is 3.93. The van der Waals surface area contributed by atoms with E-state index < -0.39 is 11.1 Å². The summed E-state index contributed by atoms with van der Waals surface area (Å²) < 4.78 is 5.53. The number of carbonyl (C=O) groups excluding carboxylic acids is 2. The van der Waals surface area contributed by atoms with E-state index in [-0.39, 0.29) is 24.2 Å². The summed E-state index contributed by atoms with van der Waals surface area (Å²) in [4.78, 5) is 22.9. The molecule has 0 aromatic rings. The molecule has 0 radical (unpaired) electrons. The molecule has 2 amide bonds. The predicted molar refractivity (Wildman–Crippen MR) is 149 cm³/mol. The van der Waals surface area contributed by atoms with Gasteiger partial charge in [-0.3, -0.25) is 4.79 Å². The summed E-state index contributed by atoms with van der Waals surface area (Å²) in [7, 11) is 0. The lowest BCUT2D eigenvalue weighted by Crippen LogP contribution is -2.72. The molecule has 1 aliphatic rings. The average Bonchev–Trinajstić information content (AvgIpc) is 2.76. The second-order valence-electron chi connectivity index (χ2n) is 9.38. The molecular weight excluding hydrogens is 452 g/mol. The van der Waals surface area contributed by atoms with Gasteiger partial charge in [0.15, 0.2) is 0 Å². The van der Waals surface area contributed by atoms with Crippen molar-refractivity contribution in [3.05, 3.63) is 97.2 Å². The largest absolute Gasteiger partial charge is 0.372 e. The smallest absolute Gasteiger partial charge is 0.316 e. The number of aldehydes is 1. The number of nitrogens with two attached hydrogens (primary N) is 2. The summed E-state index contributed by atoms with van der Waals surface area (Å²) in [5.74, 6) is 0. The highest BCUT2D eigenvalue weighted by atomic mass is 16.5. The van der Waals surface area contributed by atoms with Crippen LogP contribution in [0.1, 0.15) is 34.1 Å². The molecule has 1 heterocycles. The minimum Gasteiger partial charge on any atom is -0.372 e. The molecule has 0 aromatic carbocycles. The SMILES string of the molecule is CC(N)CC(C)(\C=C/C=C/C=C/C=C/C=C/C=C/C=C/C=C/C=O)NC(=O)NC1(C)COC1C(C)N. The first-order valence-electron chi connectivity index (χ1n) is 12.1. The van der Waals surface area contributed by atoms with E-state index in [1.807, 2.05) is 107 Å². The second kappa shape index (κ2) is 16.4. The van der Waals surface area contributed by atoms with E-state index in [4.69, 9.17) is 16.2 Å². The Labute approximate surface area is 216 Å². The van der Waals surface area contributed by atoms with Crippen LogP contribution in [0.3, 0.4) is 0 Å². The van der Waals surface area contributed by atoms with Gasteiger partial charge in [0, 0.05) is 12.1 Å². The molecule has 0 spiro atoms. The van der Waals surface area contributed by atoms with Crippen LogP contribution in [-0.4, -0.2) is 48.2 Å². The van der Waals surface area contributed by atoms with Crippen LogP contribution in [0.2, 0.25) is 0 Å². The fraction of sp³-hybridized carbons (Fsp3) is 0.379. The first-order valence-corrected chi connectivity index (χ1v) is 12.1. The van der Waals surface area contributed by atoms with Crippen molar-refractivity contribution in [1.29, 1.82) is 0 Å². The van der Waals surface area contributed by atoms with Crippen molar-refractivity contribution in [2.75, 3.05) is 6.61 Å². The topological polar surface area (TPSA) is 119 Å². The van der Waals surface area contributed by atoms with Crippen molar-refractivity contribution in [2.45, 2.75) is 63.4 Å². The quantitative estimate of drug-likeness (QED) is 0.166. The van der Waals surface area contributed by atoms with Gasteiger partial charge in [-0.05, 0) is 40.2 Å². The van der Waals surface area contributed by atoms with Gasteiger partial charge in [0.1, 0.15) is 6.29 Å². The molecule has 0 aromatic heterocycles. The second-order valence-corrected chi connectivity index (χ2v) is 9.38. The van der Waals surface area contributed by atoms with E-state index in [1.165, 1.54) is 6.08 Å². The van der Waals surface area contributed by atoms with Crippen LogP contribution in [-0.2, 0) is 9.53 Å². The lowest BCUT2D eigenvalue weighted by Gasteiger charge is -2.49. The maximum absolute atomic E-state index is 12.7. The van der Waals surface area contributed by atoms with Crippen molar-refractivity contribution >= 4 is 12.3 Å². The van der Waals surface area contributed by atoms with Gasteiger partial charge >= 0.3 is 6.03 Å². The van der Waals surface area contributed by atoms with Gasteiger partial charge in [0.2, 0.25) is 0 Å². The Kier molecular flexibility index (Phi) is 14.0. The van der Waals surface area contributed by atoms with Gasteiger partial charge in [-0.25, -0.2) is 4.79 Å². The lowest BCUT2D eigenvalue weighted by atomic mass is 9.86. The molecule has 196 valence electrons. The first kappa shape index (κ1) is 30.8. The molecule has 5 unspecified atom stereocenters. The molecule has 7 heteroatoms. The van der Waals surface area contributed by atoms with Crippen molar-refractivity contribution < 1.29 is 14.3 Å². The highest BCUT2D eigenvalue weighted by Gasteiger charge is 2.47. The number of nitrogens with one attached hydrogen (secondary N) is 2. The van der Waals surface area contributed by atoms with E-state index in [2.05, 4.69) is 10.6 Å². The van der Waals surface area contributed by atoms with Crippen molar-refractivity contribution in [3.63, 3.8) is 0 Å². The zero-order valence-electron chi connectivity index (χ0n) is 21.8. The third kappa shape index (κ3) is 12.4. The van der Waals surface area contributed by atoms with E-state index >= 15 is 0 Å². The van der Waals surface area contributed by atoms with Crippen LogP contribution in [0.25, 0.3) is 0 Å². The molecule has 6 N–H and O–H groups in total. The normalized spacial score (nSPS) is 24.6. The third-order valence-corrected chi connectivity index (χ3v) is 5.31. The number of carbonyl (C=O) groups is 2. The van der Waals surface area contributed by atoms with Crippen molar-refractivity contribution in [2.24, 2.45) is 11.5 Å². The summed E-state index contributed by atoms with van der Waals surface area (Å²) in [6, 6.07) is -0.542. The van der Waals surface area contributed by atoms with Crippen LogP contribution < -0.4 is 22.1 Å². The molecule has 1 rings (SSSR count). The minimum atomic E-state index is -0.616. The van der Waals surface area contributed by atoms with Crippen molar-refractivity contribution in [3.8, 4) is 0 Å². The Hall–Kier alpha value is -3.26. The third-order valence-electron chi connectivity index (χ3n) is 5.31. The fourth-order valence-corrected chi connectivity index (χ4v) is 3.80. The van der Waals surface area contributed by atoms with E-state index in [9.17, 15) is 9.59 Å². The molecule has 1 fully saturated rings. The Morgan fingerprint density at radius 3 is 1.72 bits per heavy atom. The Morgan fingerprint density at radius 1 is 0.917 bits per heavy atom. The lowest BCUT2D eigenvalue weighted by molar-refractivity contribution is -0.143. The highest BCUT2D eigenvalue weighted by Crippen LogP contribution is 2.27. The maximum atomic E-state index is 12.7. The number of urea groups is 1. The number of hydrogen-bond acceptors (Lipinski definition) is 5. The average molecular weight is 495 g/mol. The number of rotatable bonds is 14. The van der Waals surface area contributed by atoms with E-state index in [0.29, 0.717) is 13.0 Å². The molecule has 1 saturated heterocycles. The Bertz CT molecular complexity index is 925. The monoisotopic (exact) mass is 494 g/mol. The zero-order chi connectivity index (χ0) is 26.9. The standard InChI is InChI=1S/C29H42N4O3/c1-24(30)22-28(3,32-27(35)33-29(4)23-36-26(29)25(2)31)20-18-16-14-12-10-8-6-5-7-9-11-13-15-17-19-21-34/h5-21,24-26H,22-23,30-31H2,1-4H3,(H2,32,33,35)/b7-5+,8-6+,11-9+,12-10+,15-13+,16-14+,19-17+,20-18-. The van der Waals surface area contributed by atoms with Gasteiger partial charge < -0.3 is 26.8 Å². The zero-order valence-corrected chi connectivity index (χ0v) is 21.8. The molecule has 0 saturated carbocycles. The van der Waals surface area contributed by atoms with Gasteiger partial charge in [0.05, 0.1) is 23.8 Å². The van der Waals surface area contributed by atoms with Gasteiger partial charge in [-0.1, -0.05) is 91.1 Å². The molecule has 0 bridgehead atoms. The number of hydrogen-bond donors (Lipinski definition) is 4. The maximum Gasteiger partial charge on any atom is 0.316 e. The first-order chi connectivity index (χ1) is 17.1. The van der Waals surface area contributed by atoms with Crippen LogP contribution in [0, 0.1) is 0 Å². The van der Waals surface area contributed by atoms with Crippen LogP contribution in [0.5, 0.6) is 0 Å². The molecule has 1 aliphatic heterocycles. The van der Waals surface area contributed by atoms with Crippen LogP contribution in [0.15, 0.2) is 97.2 Å². The molecule has 36 heavy (non-hydrogen) atoms. The Morgan fingerprint density at radius 2 is 1.36 bits per heavy atom. The molecular formula is C29H42N4O3. The van der Waals surface area contributed by atoms with E-state index in [0.717, 1.165) is 6.29 Å². The highest BCUT2D eigenvalue weighted by molar-refractivity contribution is 5.76. The van der Waals surface area contributed by atoms with Crippen molar-refractivity contribution in [1.82, 2.24) is 10.6 Å². The van der Waals surface area contributed by atoms with Gasteiger partial charge in [0.25, 0.3) is 0 Å². The van der Waals surface area contributed by atoms with E-state index in [1.54, 1.807) is 12.2 Å². The molecule has 5 atom stereocenters. The summed E-state index contributed by atoms with van der Waals surface area (Å²) in [6.45, 7) is 8.10. The summed E-state index contributed by atoms with van der Waals surface area (Å²) in [5, 5.41) is 6.07. The van der Waals surface area contributed by atoms with Crippen LogP contribution in [0.4, 0.5) is 4.79 Å². The number of amides is 2. The Balaban J connectivity index is 2.56. The van der Waals surface area contributed by atoms with Gasteiger partial charge in [-0.2, -0.15) is 0 Å². The summed E-state index contributed by atoms with van der Waals surface area (Å²) in [5.41, 5.74) is 10.9. The minimum absolute atomic E-state index is 0.0911. The number of ether oxygens (including phenoxy) is 1. The van der Waals surface area contributed by atoms with Gasteiger partial charge in [-0.15, -0.1) is 0 Å². The molecule has 0 aliphatic carbocycles. The number of allylic oxidation sites excluding steroid dienone is 15. The van der Waals surface area contributed by atoms with Crippen LogP contribution >= 0.6 is 0 Å².